The third kappa shape index (κ3) is 6.00. The van der Waals surface area contributed by atoms with Crippen molar-refractivity contribution >= 4 is 34.2 Å². The van der Waals surface area contributed by atoms with Gasteiger partial charge in [0.05, 0.1) is 29.1 Å². The molecule has 0 saturated heterocycles. The van der Waals surface area contributed by atoms with Crippen LogP contribution < -0.4 is 5.32 Å². The smallest absolute Gasteiger partial charge is 0.299 e. The molecule has 1 aromatic carbocycles. The lowest BCUT2D eigenvalue weighted by Crippen LogP contribution is -2.13. The average Bonchev–Trinajstić information content (AvgIpc) is 2.54. The van der Waals surface area contributed by atoms with Crippen LogP contribution in [0.25, 0.3) is 0 Å². The minimum absolute atomic E-state index is 0.150. The highest BCUT2D eigenvalue weighted by atomic mass is 32.5. The summed E-state index contributed by atoms with van der Waals surface area (Å²) in [5, 5.41) is 24.6. The molecule has 0 fully saturated rings. The van der Waals surface area contributed by atoms with E-state index in [1.54, 1.807) is 13.8 Å². The summed E-state index contributed by atoms with van der Waals surface area (Å²) in [6.45, 7) is 2.43. The highest BCUT2D eigenvalue weighted by Crippen LogP contribution is 2.29. The van der Waals surface area contributed by atoms with Crippen LogP contribution in [-0.4, -0.2) is 35.4 Å². The average molecular weight is 379 g/mol. The van der Waals surface area contributed by atoms with E-state index >= 15 is 0 Å². The van der Waals surface area contributed by atoms with Crippen LogP contribution >= 0.6 is 6.80 Å². The van der Waals surface area contributed by atoms with E-state index < -0.39 is 32.7 Å². The van der Waals surface area contributed by atoms with Gasteiger partial charge in [-0.15, -0.1) is 0 Å². The molecule has 10 nitrogen and oxygen atoms in total. The monoisotopic (exact) mass is 379 g/mol. The van der Waals surface area contributed by atoms with Crippen LogP contribution in [0.5, 0.6) is 0 Å². The van der Waals surface area contributed by atoms with Gasteiger partial charge in [-0.25, -0.2) is 4.57 Å². The molecule has 0 aliphatic heterocycles. The summed E-state index contributed by atoms with van der Waals surface area (Å²) in [5.41, 5.74) is -0.604. The molecule has 24 heavy (non-hydrogen) atoms. The molecular weight excluding hydrogens is 361 g/mol. The van der Waals surface area contributed by atoms with Gasteiger partial charge in [-0.05, 0) is 19.9 Å². The lowest BCUT2D eigenvalue weighted by atomic mass is 10.2. The predicted molar refractivity (Wildman–Crippen MR) is 91.3 cm³/mol. The summed E-state index contributed by atoms with van der Waals surface area (Å²) in [5.74, 6) is 0.331. The Labute approximate surface area is 141 Å². The van der Waals surface area contributed by atoms with Crippen molar-refractivity contribution in [1.82, 2.24) is 0 Å². The summed E-state index contributed by atoms with van der Waals surface area (Å²) >= 11 is 0. The molecule has 134 valence electrons. The van der Waals surface area contributed by atoms with Crippen molar-refractivity contribution in [2.45, 2.75) is 13.8 Å². The zero-order chi connectivity index (χ0) is 18.1. The molecule has 0 amide bonds. The summed E-state index contributed by atoms with van der Waals surface area (Å²) in [6.07, 6.45) is 0. The van der Waals surface area contributed by atoms with Crippen molar-refractivity contribution in [3.8, 4) is 0 Å². The van der Waals surface area contributed by atoms with Crippen molar-refractivity contribution in [2.24, 2.45) is 0 Å². The molecule has 1 N–H and O–H groups in total. The molecular formula is C12H18N3O7PS. The van der Waals surface area contributed by atoms with Crippen LogP contribution in [0.1, 0.15) is 13.8 Å². The van der Waals surface area contributed by atoms with Gasteiger partial charge in [-0.3, -0.25) is 24.8 Å². The van der Waals surface area contributed by atoms with Crippen molar-refractivity contribution in [1.29, 1.82) is 0 Å². The fourth-order valence-corrected chi connectivity index (χ4v) is 4.88. The predicted octanol–water partition coefficient (Wildman–Crippen LogP) is 3.18. The molecule has 2 unspecified atom stereocenters. The highest BCUT2D eigenvalue weighted by Gasteiger charge is 2.19. The Morgan fingerprint density at radius 3 is 2.46 bits per heavy atom. The number of benzene rings is 1. The summed E-state index contributed by atoms with van der Waals surface area (Å²) in [7, 11) is -0.925. The van der Waals surface area contributed by atoms with Gasteiger partial charge in [0.25, 0.3) is 18.2 Å². The van der Waals surface area contributed by atoms with Crippen LogP contribution in [-0.2, 0) is 23.6 Å². The van der Waals surface area contributed by atoms with Crippen LogP contribution in [0, 0.1) is 20.2 Å². The van der Waals surface area contributed by atoms with Crippen molar-refractivity contribution in [3.63, 3.8) is 0 Å². The van der Waals surface area contributed by atoms with E-state index in [0.717, 1.165) is 6.07 Å². The first-order chi connectivity index (χ1) is 11.4. The number of rotatable bonds is 10. The summed E-state index contributed by atoms with van der Waals surface area (Å²) in [6, 6.07) is 3.35. The van der Waals surface area contributed by atoms with Gasteiger partial charge in [0.1, 0.15) is 5.69 Å². The van der Waals surface area contributed by atoms with Crippen LogP contribution in [0.4, 0.5) is 17.1 Å². The normalized spacial score (nSPS) is 12.5. The lowest BCUT2D eigenvalue weighted by Gasteiger charge is -2.09. The zero-order valence-corrected chi connectivity index (χ0v) is 14.9. The fourth-order valence-electron chi connectivity index (χ4n) is 1.68. The molecule has 12 heteroatoms. The van der Waals surface area contributed by atoms with E-state index in [1.807, 2.05) is 0 Å². The number of nitro groups is 2. The first kappa shape index (κ1) is 20.2. The number of nitro benzene ring substituents is 2. The number of nitrogens with one attached hydrogen (secondary N) is 1. The standard InChI is InChI=1S/C12H18N3O7PS/c1-3-21-23(20)24(22-4-2)8-7-13-11-6-5-10(14(16)17)9-12(11)15(18)19/h5-6,9,13H,3-4,7-8H2,1-2H3. The van der Waals surface area contributed by atoms with Gasteiger partial charge in [-0.1, -0.05) is 0 Å². The van der Waals surface area contributed by atoms with Gasteiger partial charge in [0.2, 0.25) is 0 Å². The number of nitrogens with zero attached hydrogens (tertiary/aromatic N) is 2. The van der Waals surface area contributed by atoms with Gasteiger partial charge in [0.15, 0.2) is 0 Å². The second-order valence-electron chi connectivity index (χ2n) is 4.22. The Morgan fingerprint density at radius 1 is 1.21 bits per heavy atom. The van der Waals surface area contributed by atoms with Crippen LogP contribution in [0.3, 0.4) is 0 Å². The highest BCUT2D eigenvalue weighted by molar-refractivity contribution is 8.18. The SMILES string of the molecule is CCOP(=O)=S(CCNc1ccc([N+](=O)[O-])cc1[N+](=O)[O-])OCC. The van der Waals surface area contributed by atoms with Gasteiger partial charge < -0.3 is 9.50 Å². The Kier molecular flexibility index (Phi) is 8.55. The lowest BCUT2D eigenvalue weighted by molar-refractivity contribution is -0.393. The number of hydrogen-bond acceptors (Lipinski definition) is 8. The number of anilines is 1. The van der Waals surface area contributed by atoms with Gasteiger partial charge in [0, 0.05) is 28.7 Å². The molecule has 0 heterocycles. The molecule has 0 spiro atoms. The first-order valence-electron chi connectivity index (χ1n) is 7.01. The number of non-ortho nitro benzene ring substituents is 1. The third-order valence-electron chi connectivity index (χ3n) is 2.64. The van der Waals surface area contributed by atoms with E-state index in [9.17, 15) is 24.8 Å². The molecule has 2 atom stereocenters. The second kappa shape index (κ2) is 10.1. The third-order valence-corrected chi connectivity index (χ3v) is 6.68. The maximum atomic E-state index is 11.9. The molecule has 0 aliphatic carbocycles. The van der Waals surface area contributed by atoms with E-state index in [1.165, 1.54) is 12.1 Å². The molecule has 0 aliphatic rings. The van der Waals surface area contributed by atoms with E-state index in [2.05, 4.69) is 5.32 Å². The second-order valence-corrected chi connectivity index (χ2v) is 8.32. The maximum Gasteiger partial charge on any atom is 0.299 e. The fraction of sp³-hybridized carbons (Fsp3) is 0.500. The quantitative estimate of drug-likeness (QED) is 0.372. The zero-order valence-electron chi connectivity index (χ0n) is 13.2. The molecule has 1 rings (SSSR count). The molecule has 0 saturated carbocycles. The largest absolute Gasteiger partial charge is 0.379 e. The first-order valence-corrected chi connectivity index (χ1v) is 10.1. The van der Waals surface area contributed by atoms with Crippen LogP contribution in [0.2, 0.25) is 0 Å². The molecule has 0 radical (unpaired) electrons. The van der Waals surface area contributed by atoms with Crippen molar-refractivity contribution in [3.05, 3.63) is 38.4 Å². The van der Waals surface area contributed by atoms with Crippen molar-refractivity contribution in [2.75, 3.05) is 30.8 Å². The Morgan fingerprint density at radius 2 is 1.92 bits per heavy atom. The summed E-state index contributed by atoms with van der Waals surface area (Å²) < 4.78 is 22.3. The molecule has 0 bridgehead atoms. The van der Waals surface area contributed by atoms with Crippen molar-refractivity contribution < 1.29 is 23.1 Å². The van der Waals surface area contributed by atoms with E-state index in [-0.39, 0.29) is 17.9 Å². The minimum Gasteiger partial charge on any atom is -0.379 e. The maximum absolute atomic E-state index is 11.9. The van der Waals surface area contributed by atoms with E-state index in [4.69, 9.17) is 8.71 Å². The topological polar surface area (TPSA) is 134 Å². The van der Waals surface area contributed by atoms with E-state index in [0.29, 0.717) is 19.0 Å². The number of hydrogen-bond donors (Lipinski definition) is 1. The van der Waals surface area contributed by atoms with Gasteiger partial charge >= 0.3 is 0 Å². The Bertz CT molecular complexity index is 691. The molecule has 0 aromatic heterocycles. The Hall–Kier alpha value is -1.81. The Balaban J connectivity index is 2.86. The molecule has 1 aromatic rings. The minimum atomic E-state index is -1.97. The van der Waals surface area contributed by atoms with Crippen LogP contribution in [0.15, 0.2) is 18.2 Å². The summed E-state index contributed by atoms with van der Waals surface area (Å²) in [4.78, 5) is 20.3. The van der Waals surface area contributed by atoms with Gasteiger partial charge in [-0.2, -0.15) is 0 Å².